The van der Waals surface area contributed by atoms with Gasteiger partial charge >= 0.3 is 0 Å². The van der Waals surface area contributed by atoms with Crippen LogP contribution in [0.3, 0.4) is 0 Å². The third-order valence-electron chi connectivity index (χ3n) is 3.14. The average Bonchev–Trinajstić information content (AvgIpc) is 2.46. The van der Waals surface area contributed by atoms with Gasteiger partial charge in [0, 0.05) is 18.7 Å². The highest BCUT2D eigenvalue weighted by atomic mass is 16.5. The lowest BCUT2D eigenvalue weighted by molar-refractivity contribution is 0.0817. The van der Waals surface area contributed by atoms with E-state index in [4.69, 9.17) is 15.2 Å². The lowest BCUT2D eigenvalue weighted by Crippen LogP contribution is -2.11. The Morgan fingerprint density at radius 2 is 1.85 bits per heavy atom. The fourth-order valence-corrected chi connectivity index (χ4v) is 2.19. The first-order chi connectivity index (χ1) is 9.72. The summed E-state index contributed by atoms with van der Waals surface area (Å²) in [4.78, 5) is 0. The van der Waals surface area contributed by atoms with Crippen molar-refractivity contribution in [1.82, 2.24) is 0 Å². The standard InChI is InChI=1S/C17H23NO2/c1-13(2)12-19-9-10-20-17-8-7-14-5-3-4-6-15(14)16(17)11-18/h3-8,13H,9-12,18H2,1-2H3. The molecule has 0 saturated carbocycles. The number of benzene rings is 2. The predicted octanol–water partition coefficient (Wildman–Crippen LogP) is 3.35. The van der Waals surface area contributed by atoms with Crippen LogP contribution in [0.15, 0.2) is 36.4 Å². The van der Waals surface area contributed by atoms with E-state index in [9.17, 15) is 0 Å². The molecule has 0 heterocycles. The first-order valence-electron chi connectivity index (χ1n) is 7.13. The number of rotatable bonds is 7. The Hall–Kier alpha value is -1.58. The fraction of sp³-hybridized carbons (Fsp3) is 0.412. The van der Waals surface area contributed by atoms with Crippen LogP contribution in [0.2, 0.25) is 0 Å². The Morgan fingerprint density at radius 3 is 2.60 bits per heavy atom. The van der Waals surface area contributed by atoms with Gasteiger partial charge in [0.15, 0.2) is 0 Å². The topological polar surface area (TPSA) is 44.5 Å². The lowest BCUT2D eigenvalue weighted by atomic mass is 10.0. The molecule has 0 amide bonds. The normalized spacial score (nSPS) is 11.2. The molecule has 0 radical (unpaired) electrons. The van der Waals surface area contributed by atoms with Gasteiger partial charge in [0.2, 0.25) is 0 Å². The summed E-state index contributed by atoms with van der Waals surface area (Å²) in [5.41, 5.74) is 6.94. The second kappa shape index (κ2) is 7.27. The van der Waals surface area contributed by atoms with Gasteiger partial charge in [0.05, 0.1) is 6.61 Å². The molecule has 0 bridgehead atoms. The van der Waals surface area contributed by atoms with Crippen LogP contribution in [0.5, 0.6) is 5.75 Å². The number of ether oxygens (including phenoxy) is 2. The summed E-state index contributed by atoms with van der Waals surface area (Å²) in [7, 11) is 0. The van der Waals surface area contributed by atoms with Crippen molar-refractivity contribution in [3.05, 3.63) is 42.0 Å². The van der Waals surface area contributed by atoms with Crippen molar-refractivity contribution in [3.63, 3.8) is 0 Å². The molecule has 20 heavy (non-hydrogen) atoms. The molecule has 3 nitrogen and oxygen atoms in total. The Labute approximate surface area is 120 Å². The molecule has 2 N–H and O–H groups in total. The number of hydrogen-bond acceptors (Lipinski definition) is 3. The summed E-state index contributed by atoms with van der Waals surface area (Å²) in [6.45, 7) is 6.68. The lowest BCUT2D eigenvalue weighted by Gasteiger charge is -2.13. The minimum Gasteiger partial charge on any atom is -0.491 e. The first kappa shape index (κ1) is 14.8. The highest BCUT2D eigenvalue weighted by molar-refractivity contribution is 5.87. The van der Waals surface area contributed by atoms with E-state index in [1.54, 1.807) is 0 Å². The summed E-state index contributed by atoms with van der Waals surface area (Å²) in [6, 6.07) is 12.3. The maximum Gasteiger partial charge on any atom is 0.124 e. The zero-order valence-electron chi connectivity index (χ0n) is 12.3. The molecular formula is C17H23NO2. The monoisotopic (exact) mass is 273 g/mol. The van der Waals surface area contributed by atoms with Gasteiger partial charge in [-0.2, -0.15) is 0 Å². The van der Waals surface area contributed by atoms with Gasteiger partial charge in [-0.05, 0) is 22.8 Å². The summed E-state index contributed by atoms with van der Waals surface area (Å²) >= 11 is 0. The van der Waals surface area contributed by atoms with Crippen LogP contribution in [0, 0.1) is 5.92 Å². The molecule has 0 fully saturated rings. The van der Waals surface area contributed by atoms with Crippen molar-refractivity contribution in [3.8, 4) is 5.75 Å². The summed E-state index contributed by atoms with van der Waals surface area (Å²) in [5, 5.41) is 2.35. The smallest absolute Gasteiger partial charge is 0.124 e. The van der Waals surface area contributed by atoms with E-state index in [-0.39, 0.29) is 0 Å². The second-order valence-electron chi connectivity index (χ2n) is 5.28. The third kappa shape index (κ3) is 3.71. The largest absolute Gasteiger partial charge is 0.491 e. The van der Waals surface area contributed by atoms with E-state index in [0.29, 0.717) is 25.7 Å². The molecule has 0 aliphatic heterocycles. The van der Waals surface area contributed by atoms with Gasteiger partial charge in [-0.3, -0.25) is 0 Å². The minimum atomic E-state index is 0.476. The van der Waals surface area contributed by atoms with Crippen molar-refractivity contribution >= 4 is 10.8 Å². The van der Waals surface area contributed by atoms with E-state index in [0.717, 1.165) is 23.3 Å². The molecule has 0 atom stereocenters. The molecule has 2 rings (SSSR count). The van der Waals surface area contributed by atoms with Gasteiger partial charge in [-0.15, -0.1) is 0 Å². The zero-order valence-corrected chi connectivity index (χ0v) is 12.3. The van der Waals surface area contributed by atoms with Crippen LogP contribution >= 0.6 is 0 Å². The third-order valence-corrected chi connectivity index (χ3v) is 3.14. The molecular weight excluding hydrogens is 250 g/mol. The molecule has 2 aromatic carbocycles. The van der Waals surface area contributed by atoms with Crippen LogP contribution in [0.4, 0.5) is 0 Å². The van der Waals surface area contributed by atoms with Gasteiger partial charge < -0.3 is 15.2 Å². The average molecular weight is 273 g/mol. The second-order valence-corrected chi connectivity index (χ2v) is 5.28. The van der Waals surface area contributed by atoms with Crippen molar-refractivity contribution in [1.29, 1.82) is 0 Å². The Balaban J connectivity index is 2.02. The number of nitrogens with two attached hydrogens (primary N) is 1. The van der Waals surface area contributed by atoms with E-state index in [1.165, 1.54) is 5.39 Å². The van der Waals surface area contributed by atoms with Crippen LogP contribution < -0.4 is 10.5 Å². The molecule has 0 aliphatic carbocycles. The SMILES string of the molecule is CC(C)COCCOc1ccc2ccccc2c1CN. The molecule has 0 aromatic heterocycles. The van der Waals surface area contributed by atoms with Crippen molar-refractivity contribution in [2.24, 2.45) is 11.7 Å². The summed E-state index contributed by atoms with van der Waals surface area (Å²) in [5.74, 6) is 1.41. The highest BCUT2D eigenvalue weighted by Crippen LogP contribution is 2.27. The summed E-state index contributed by atoms with van der Waals surface area (Å²) in [6.07, 6.45) is 0. The first-order valence-corrected chi connectivity index (χ1v) is 7.13. The van der Waals surface area contributed by atoms with Crippen LogP contribution in [-0.4, -0.2) is 19.8 Å². The summed E-state index contributed by atoms with van der Waals surface area (Å²) < 4.78 is 11.3. The number of fused-ring (bicyclic) bond motifs is 1. The molecule has 108 valence electrons. The predicted molar refractivity (Wildman–Crippen MR) is 83.0 cm³/mol. The van der Waals surface area contributed by atoms with Gasteiger partial charge in [0.1, 0.15) is 12.4 Å². The maximum absolute atomic E-state index is 5.88. The molecule has 0 spiro atoms. The van der Waals surface area contributed by atoms with Gasteiger partial charge in [-0.1, -0.05) is 44.2 Å². The van der Waals surface area contributed by atoms with Gasteiger partial charge in [0.25, 0.3) is 0 Å². The van der Waals surface area contributed by atoms with Crippen LogP contribution in [0.1, 0.15) is 19.4 Å². The van der Waals surface area contributed by atoms with Gasteiger partial charge in [-0.25, -0.2) is 0 Å². The van der Waals surface area contributed by atoms with Crippen molar-refractivity contribution in [2.75, 3.05) is 19.8 Å². The molecule has 3 heteroatoms. The zero-order chi connectivity index (χ0) is 14.4. The highest BCUT2D eigenvalue weighted by Gasteiger charge is 2.07. The fourth-order valence-electron chi connectivity index (χ4n) is 2.19. The van der Waals surface area contributed by atoms with Crippen molar-refractivity contribution < 1.29 is 9.47 Å². The van der Waals surface area contributed by atoms with Crippen molar-refractivity contribution in [2.45, 2.75) is 20.4 Å². The molecule has 0 aliphatic rings. The van der Waals surface area contributed by atoms with E-state index in [2.05, 4.69) is 32.0 Å². The quantitative estimate of drug-likeness (QED) is 0.787. The van der Waals surface area contributed by atoms with Crippen LogP contribution in [0.25, 0.3) is 10.8 Å². The van der Waals surface area contributed by atoms with E-state index >= 15 is 0 Å². The molecule has 2 aromatic rings. The van der Waals surface area contributed by atoms with E-state index in [1.807, 2.05) is 18.2 Å². The van der Waals surface area contributed by atoms with Crippen LogP contribution in [-0.2, 0) is 11.3 Å². The van der Waals surface area contributed by atoms with E-state index < -0.39 is 0 Å². The maximum atomic E-state index is 5.88. The Bertz CT molecular complexity index is 552. The minimum absolute atomic E-state index is 0.476. The number of hydrogen-bond donors (Lipinski definition) is 1. The Kier molecular flexibility index (Phi) is 5.39. The Morgan fingerprint density at radius 1 is 1.05 bits per heavy atom. The molecule has 0 unspecified atom stereocenters. The molecule has 0 saturated heterocycles.